The van der Waals surface area contributed by atoms with E-state index < -0.39 is 0 Å². The zero-order valence-electron chi connectivity index (χ0n) is 10.9. The Labute approximate surface area is 114 Å². The molecule has 1 aliphatic heterocycles. The van der Waals surface area contributed by atoms with Crippen molar-refractivity contribution in [2.75, 3.05) is 13.1 Å². The molecule has 2 heteroatoms. The lowest BCUT2D eigenvalue weighted by atomic mass is 9.79. The number of nitrogens with one attached hydrogen (secondary N) is 1. The van der Waals surface area contributed by atoms with E-state index in [0.29, 0.717) is 0 Å². The van der Waals surface area contributed by atoms with Crippen molar-refractivity contribution in [2.24, 2.45) is 5.41 Å². The summed E-state index contributed by atoms with van der Waals surface area (Å²) >= 11 is 5.93. The van der Waals surface area contributed by atoms with Crippen LogP contribution in [0.15, 0.2) is 35.9 Å². The summed E-state index contributed by atoms with van der Waals surface area (Å²) in [6.07, 6.45) is 3.15. The van der Waals surface area contributed by atoms with Crippen molar-refractivity contribution in [3.8, 4) is 11.8 Å². The molecule has 0 saturated carbocycles. The van der Waals surface area contributed by atoms with E-state index in [1.807, 2.05) is 24.3 Å². The van der Waals surface area contributed by atoms with Crippen LogP contribution in [0.5, 0.6) is 0 Å². The maximum atomic E-state index is 5.93. The second-order valence-electron chi connectivity index (χ2n) is 5.26. The molecular formula is C16H18ClN. The third kappa shape index (κ3) is 3.38. The first kappa shape index (κ1) is 13.2. The molecular weight excluding hydrogens is 242 g/mol. The van der Waals surface area contributed by atoms with E-state index >= 15 is 0 Å². The van der Waals surface area contributed by atoms with Gasteiger partial charge in [-0.05, 0) is 42.7 Å². The van der Waals surface area contributed by atoms with Crippen molar-refractivity contribution < 1.29 is 0 Å². The molecule has 1 heterocycles. The van der Waals surface area contributed by atoms with Gasteiger partial charge in [0.2, 0.25) is 0 Å². The van der Waals surface area contributed by atoms with Crippen LogP contribution in [0.2, 0.25) is 5.02 Å². The van der Waals surface area contributed by atoms with Crippen LogP contribution in [-0.4, -0.2) is 13.1 Å². The summed E-state index contributed by atoms with van der Waals surface area (Å²) in [5.74, 6) is 6.30. The molecule has 0 aliphatic carbocycles. The Hall–Kier alpha value is -1.23. The van der Waals surface area contributed by atoms with Gasteiger partial charge in [-0.3, -0.25) is 0 Å². The lowest BCUT2D eigenvalue weighted by Gasteiger charge is -2.33. The van der Waals surface area contributed by atoms with Gasteiger partial charge in [-0.25, -0.2) is 0 Å². The first-order valence-corrected chi connectivity index (χ1v) is 6.63. The van der Waals surface area contributed by atoms with E-state index in [-0.39, 0.29) is 5.41 Å². The van der Waals surface area contributed by atoms with Gasteiger partial charge in [-0.15, -0.1) is 0 Å². The van der Waals surface area contributed by atoms with Crippen LogP contribution in [-0.2, 0) is 0 Å². The Bertz CT molecular complexity index is 517. The Balaban J connectivity index is 2.15. The SMILES string of the molecule is CC1(C)CNCC/C1=C\C#Cc1cccc(Cl)c1. The molecule has 1 saturated heterocycles. The molecule has 18 heavy (non-hydrogen) atoms. The maximum Gasteiger partial charge on any atom is 0.0418 e. The Morgan fingerprint density at radius 3 is 2.94 bits per heavy atom. The molecule has 0 bridgehead atoms. The smallest absolute Gasteiger partial charge is 0.0418 e. The van der Waals surface area contributed by atoms with Crippen LogP contribution >= 0.6 is 11.6 Å². The number of piperidine rings is 1. The van der Waals surface area contributed by atoms with Crippen molar-refractivity contribution in [3.05, 3.63) is 46.5 Å². The molecule has 0 amide bonds. The molecule has 94 valence electrons. The van der Waals surface area contributed by atoms with Crippen LogP contribution < -0.4 is 5.32 Å². The van der Waals surface area contributed by atoms with E-state index in [2.05, 4.69) is 37.1 Å². The van der Waals surface area contributed by atoms with E-state index in [1.54, 1.807) is 0 Å². The lowest BCUT2D eigenvalue weighted by Crippen LogP contribution is -2.37. The monoisotopic (exact) mass is 259 g/mol. The average molecular weight is 260 g/mol. The highest BCUT2D eigenvalue weighted by atomic mass is 35.5. The van der Waals surface area contributed by atoms with Crippen molar-refractivity contribution in [1.82, 2.24) is 5.32 Å². The summed E-state index contributed by atoms with van der Waals surface area (Å²) in [6.45, 7) is 6.59. The van der Waals surface area contributed by atoms with Crippen molar-refractivity contribution in [3.63, 3.8) is 0 Å². The Morgan fingerprint density at radius 2 is 2.22 bits per heavy atom. The maximum absolute atomic E-state index is 5.93. The van der Waals surface area contributed by atoms with Crippen LogP contribution in [0.25, 0.3) is 0 Å². The van der Waals surface area contributed by atoms with Gasteiger partial charge in [-0.2, -0.15) is 0 Å². The molecule has 1 nitrogen and oxygen atoms in total. The zero-order chi connectivity index (χ0) is 13.0. The molecule has 1 aromatic carbocycles. The predicted molar refractivity (Wildman–Crippen MR) is 77.7 cm³/mol. The minimum atomic E-state index is 0.210. The minimum absolute atomic E-state index is 0.210. The number of allylic oxidation sites excluding steroid dienone is 1. The average Bonchev–Trinajstić information content (AvgIpc) is 2.31. The van der Waals surface area contributed by atoms with Crippen LogP contribution in [0.4, 0.5) is 0 Å². The van der Waals surface area contributed by atoms with Gasteiger partial charge in [0.05, 0.1) is 0 Å². The summed E-state index contributed by atoms with van der Waals surface area (Å²) in [5, 5.41) is 4.15. The van der Waals surface area contributed by atoms with Crippen molar-refractivity contribution in [1.29, 1.82) is 0 Å². The highest BCUT2D eigenvalue weighted by Gasteiger charge is 2.25. The summed E-state index contributed by atoms with van der Waals surface area (Å²) in [4.78, 5) is 0. The second-order valence-corrected chi connectivity index (χ2v) is 5.70. The predicted octanol–water partition coefficient (Wildman–Crippen LogP) is 3.64. The van der Waals surface area contributed by atoms with Crippen LogP contribution in [0.3, 0.4) is 0 Å². The molecule has 0 radical (unpaired) electrons. The first-order valence-electron chi connectivity index (χ1n) is 6.25. The second kappa shape index (κ2) is 5.61. The van der Waals surface area contributed by atoms with Crippen molar-refractivity contribution in [2.45, 2.75) is 20.3 Å². The van der Waals surface area contributed by atoms with Crippen LogP contribution in [0, 0.1) is 17.3 Å². The van der Waals surface area contributed by atoms with E-state index in [0.717, 1.165) is 30.1 Å². The summed E-state index contributed by atoms with van der Waals surface area (Å²) in [7, 11) is 0. The topological polar surface area (TPSA) is 12.0 Å². The molecule has 1 aromatic rings. The molecule has 1 fully saturated rings. The standard InChI is InChI=1S/C16H18ClN/c1-16(2)12-18-10-9-14(16)7-3-5-13-6-4-8-15(17)11-13/h4,6-8,11,18H,9-10,12H2,1-2H3/b14-7+. The molecule has 0 spiro atoms. The van der Waals surface area contributed by atoms with Gasteiger partial charge in [0, 0.05) is 17.1 Å². The number of rotatable bonds is 0. The van der Waals surface area contributed by atoms with Crippen molar-refractivity contribution >= 4 is 11.6 Å². The summed E-state index contributed by atoms with van der Waals surface area (Å²) < 4.78 is 0. The Kier molecular flexibility index (Phi) is 4.11. The van der Waals surface area contributed by atoms with E-state index in [4.69, 9.17) is 11.6 Å². The van der Waals surface area contributed by atoms with Crippen LogP contribution in [0.1, 0.15) is 25.8 Å². The molecule has 0 atom stereocenters. The highest BCUT2D eigenvalue weighted by molar-refractivity contribution is 6.30. The zero-order valence-corrected chi connectivity index (χ0v) is 11.6. The third-order valence-electron chi connectivity index (χ3n) is 3.29. The van der Waals surface area contributed by atoms with E-state index in [1.165, 1.54) is 5.57 Å². The molecule has 0 aromatic heterocycles. The fourth-order valence-corrected chi connectivity index (χ4v) is 2.31. The largest absolute Gasteiger partial charge is 0.316 e. The first-order chi connectivity index (χ1) is 8.58. The Morgan fingerprint density at radius 1 is 1.39 bits per heavy atom. The van der Waals surface area contributed by atoms with Gasteiger partial charge in [0.25, 0.3) is 0 Å². The van der Waals surface area contributed by atoms with Gasteiger partial charge < -0.3 is 5.32 Å². The number of hydrogen-bond donors (Lipinski definition) is 1. The lowest BCUT2D eigenvalue weighted by molar-refractivity contribution is 0.357. The van der Waals surface area contributed by atoms with Gasteiger partial charge in [0.15, 0.2) is 0 Å². The molecule has 2 rings (SSSR count). The summed E-state index contributed by atoms with van der Waals surface area (Å²) in [5.41, 5.74) is 2.60. The fraction of sp³-hybridized carbons (Fsp3) is 0.375. The normalized spacial score (nSPS) is 20.3. The highest BCUT2D eigenvalue weighted by Crippen LogP contribution is 2.30. The third-order valence-corrected chi connectivity index (χ3v) is 3.53. The number of benzene rings is 1. The quantitative estimate of drug-likeness (QED) is 0.702. The number of halogens is 1. The molecule has 1 aliphatic rings. The fourth-order valence-electron chi connectivity index (χ4n) is 2.12. The minimum Gasteiger partial charge on any atom is -0.316 e. The number of hydrogen-bond acceptors (Lipinski definition) is 1. The van der Waals surface area contributed by atoms with E-state index in [9.17, 15) is 0 Å². The van der Waals surface area contributed by atoms with Gasteiger partial charge >= 0.3 is 0 Å². The summed E-state index contributed by atoms with van der Waals surface area (Å²) in [6, 6.07) is 7.65. The molecule has 0 unspecified atom stereocenters. The molecule has 1 N–H and O–H groups in total. The van der Waals surface area contributed by atoms with Gasteiger partial charge in [0.1, 0.15) is 0 Å². The van der Waals surface area contributed by atoms with Gasteiger partial charge in [-0.1, -0.05) is 48.9 Å².